The summed E-state index contributed by atoms with van der Waals surface area (Å²) in [7, 11) is -1.80. The largest absolute Gasteiger partial charge is 0.497 e. The SMILES string of the molecule is COc1ccc(CC[Si](C)(C)O[Si](C)(C)CCc2ccc(OC(C)=O)cc2)cc1. The van der Waals surface area contributed by atoms with Gasteiger partial charge < -0.3 is 13.6 Å². The fourth-order valence-electron chi connectivity index (χ4n) is 3.42. The average molecular weight is 431 g/mol. The molecule has 0 radical (unpaired) electrons. The average Bonchev–Trinajstić information content (AvgIpc) is 2.65. The van der Waals surface area contributed by atoms with Crippen LogP contribution in [0.4, 0.5) is 0 Å². The van der Waals surface area contributed by atoms with Crippen LogP contribution in [0, 0.1) is 0 Å². The topological polar surface area (TPSA) is 44.8 Å². The maximum Gasteiger partial charge on any atom is 0.308 e. The summed E-state index contributed by atoms with van der Waals surface area (Å²) in [5.41, 5.74) is 2.59. The molecule has 0 aromatic heterocycles. The van der Waals surface area contributed by atoms with Crippen molar-refractivity contribution in [1.82, 2.24) is 0 Å². The van der Waals surface area contributed by atoms with Crippen LogP contribution in [0.2, 0.25) is 38.3 Å². The van der Waals surface area contributed by atoms with Gasteiger partial charge in [0.05, 0.1) is 7.11 Å². The Morgan fingerprint density at radius 3 is 1.55 bits per heavy atom. The Morgan fingerprint density at radius 1 is 0.759 bits per heavy atom. The van der Waals surface area contributed by atoms with Crippen LogP contribution in [0.25, 0.3) is 0 Å². The second-order valence-electron chi connectivity index (χ2n) is 8.71. The van der Waals surface area contributed by atoms with E-state index in [0.29, 0.717) is 5.75 Å². The molecule has 2 aromatic carbocycles. The van der Waals surface area contributed by atoms with Crippen LogP contribution in [0.3, 0.4) is 0 Å². The summed E-state index contributed by atoms with van der Waals surface area (Å²) < 4.78 is 17.1. The quantitative estimate of drug-likeness (QED) is 0.270. The number of methoxy groups -OCH3 is 1. The van der Waals surface area contributed by atoms with Gasteiger partial charge in [0.25, 0.3) is 0 Å². The predicted molar refractivity (Wildman–Crippen MR) is 124 cm³/mol. The standard InChI is InChI=1S/C23H34O4Si2/c1-19(24)26-23-13-9-21(10-14-23)16-18-29(5,6)27-28(3,4)17-15-20-7-11-22(25-2)12-8-20/h7-14H,15-18H2,1-6H3. The van der Waals surface area contributed by atoms with Gasteiger partial charge in [-0.3, -0.25) is 4.79 Å². The van der Waals surface area contributed by atoms with E-state index in [9.17, 15) is 4.79 Å². The van der Waals surface area contributed by atoms with Gasteiger partial charge in [-0.25, -0.2) is 0 Å². The lowest BCUT2D eigenvalue weighted by Crippen LogP contribution is -2.44. The van der Waals surface area contributed by atoms with Crippen molar-refractivity contribution < 1.29 is 18.4 Å². The summed E-state index contributed by atoms with van der Waals surface area (Å²) in [5, 5.41) is 0. The molecule has 0 aliphatic rings. The molecule has 0 amide bonds. The number of carbonyl (C=O) groups is 1. The molecule has 0 heterocycles. The van der Waals surface area contributed by atoms with Crippen LogP contribution in [0.15, 0.2) is 48.5 Å². The Balaban J connectivity index is 1.84. The van der Waals surface area contributed by atoms with Crippen molar-refractivity contribution in [3.63, 3.8) is 0 Å². The molecule has 2 aromatic rings. The molecule has 4 nitrogen and oxygen atoms in total. The molecule has 0 aliphatic heterocycles. The van der Waals surface area contributed by atoms with Crippen LogP contribution in [0.5, 0.6) is 11.5 Å². The first-order chi connectivity index (χ1) is 13.6. The molecular weight excluding hydrogens is 396 g/mol. The molecule has 0 saturated carbocycles. The van der Waals surface area contributed by atoms with Gasteiger partial charge in [0.1, 0.15) is 11.5 Å². The van der Waals surface area contributed by atoms with Crippen LogP contribution >= 0.6 is 0 Å². The number of hydrogen-bond donors (Lipinski definition) is 0. The molecular formula is C23H34O4Si2. The molecule has 6 heteroatoms. The van der Waals surface area contributed by atoms with E-state index >= 15 is 0 Å². The summed E-state index contributed by atoms with van der Waals surface area (Å²) in [6.45, 7) is 10.7. The van der Waals surface area contributed by atoms with E-state index < -0.39 is 16.6 Å². The molecule has 0 atom stereocenters. The maximum absolute atomic E-state index is 11.0. The first-order valence-electron chi connectivity index (χ1n) is 10.2. The molecule has 0 bridgehead atoms. The second-order valence-corrected chi connectivity index (χ2v) is 17.6. The molecule has 0 unspecified atom stereocenters. The Bertz CT molecular complexity index is 784. The van der Waals surface area contributed by atoms with Gasteiger partial charge in [0.2, 0.25) is 0 Å². The smallest absolute Gasteiger partial charge is 0.308 e. The fourth-order valence-corrected chi connectivity index (χ4v) is 12.0. The zero-order valence-corrected chi connectivity index (χ0v) is 20.6. The molecule has 2 rings (SSSR count). The van der Waals surface area contributed by atoms with Crippen LogP contribution in [0.1, 0.15) is 18.1 Å². The van der Waals surface area contributed by atoms with Crippen LogP contribution < -0.4 is 9.47 Å². The lowest BCUT2D eigenvalue weighted by Gasteiger charge is -2.34. The van der Waals surface area contributed by atoms with E-state index in [1.807, 2.05) is 36.4 Å². The van der Waals surface area contributed by atoms with Gasteiger partial charge in [0, 0.05) is 6.92 Å². The van der Waals surface area contributed by atoms with E-state index in [1.54, 1.807) is 7.11 Å². The van der Waals surface area contributed by atoms with E-state index in [4.69, 9.17) is 13.6 Å². The predicted octanol–water partition coefficient (Wildman–Crippen LogP) is 5.83. The van der Waals surface area contributed by atoms with Gasteiger partial charge >= 0.3 is 5.97 Å². The third-order valence-corrected chi connectivity index (χ3v) is 12.3. The van der Waals surface area contributed by atoms with Gasteiger partial charge in [-0.05, 0) is 86.5 Å². The van der Waals surface area contributed by atoms with Crippen molar-refractivity contribution in [1.29, 1.82) is 0 Å². The van der Waals surface area contributed by atoms with E-state index in [0.717, 1.165) is 30.7 Å². The Labute approximate surface area is 177 Å². The number of benzene rings is 2. The summed E-state index contributed by atoms with van der Waals surface area (Å²) in [6, 6.07) is 18.3. The van der Waals surface area contributed by atoms with E-state index in [2.05, 4.69) is 38.3 Å². The highest BCUT2D eigenvalue weighted by Gasteiger charge is 2.32. The lowest BCUT2D eigenvalue weighted by atomic mass is 10.2. The molecule has 0 aliphatic carbocycles. The number of ether oxygens (including phenoxy) is 2. The molecule has 0 saturated heterocycles. The Morgan fingerprint density at radius 2 is 1.17 bits per heavy atom. The number of carbonyl (C=O) groups excluding carboxylic acids is 1. The minimum absolute atomic E-state index is 0.290. The Hall–Kier alpha value is -1.90. The maximum atomic E-state index is 11.0. The van der Waals surface area contributed by atoms with Gasteiger partial charge in [0.15, 0.2) is 16.6 Å². The summed E-state index contributed by atoms with van der Waals surface area (Å²) in [4.78, 5) is 11.0. The minimum Gasteiger partial charge on any atom is -0.497 e. The number of aryl methyl sites for hydroxylation is 2. The fraction of sp³-hybridized carbons (Fsp3) is 0.435. The van der Waals surface area contributed by atoms with Crippen LogP contribution in [-0.4, -0.2) is 29.7 Å². The van der Waals surface area contributed by atoms with Gasteiger partial charge in [-0.2, -0.15) is 0 Å². The normalized spacial score (nSPS) is 11.9. The summed E-state index contributed by atoms with van der Waals surface area (Å²) in [5.74, 6) is 1.21. The molecule has 29 heavy (non-hydrogen) atoms. The van der Waals surface area contributed by atoms with Gasteiger partial charge in [-0.15, -0.1) is 0 Å². The third kappa shape index (κ3) is 8.56. The first-order valence-corrected chi connectivity index (χ1v) is 16.4. The molecule has 0 fully saturated rings. The first kappa shape index (κ1) is 23.4. The second kappa shape index (κ2) is 10.2. The highest BCUT2D eigenvalue weighted by Crippen LogP contribution is 2.25. The van der Waals surface area contributed by atoms with E-state index in [-0.39, 0.29) is 5.97 Å². The monoisotopic (exact) mass is 430 g/mol. The highest BCUT2D eigenvalue weighted by molar-refractivity contribution is 6.84. The van der Waals surface area contributed by atoms with Crippen molar-refractivity contribution in [2.24, 2.45) is 0 Å². The number of hydrogen-bond acceptors (Lipinski definition) is 4. The molecule has 158 valence electrons. The summed E-state index contributed by atoms with van der Waals surface area (Å²) in [6.07, 6.45) is 2.04. The van der Waals surface area contributed by atoms with Crippen molar-refractivity contribution in [2.75, 3.05) is 7.11 Å². The van der Waals surface area contributed by atoms with Crippen molar-refractivity contribution in [3.05, 3.63) is 59.7 Å². The lowest BCUT2D eigenvalue weighted by molar-refractivity contribution is -0.131. The van der Waals surface area contributed by atoms with Crippen molar-refractivity contribution in [3.8, 4) is 11.5 Å². The number of rotatable bonds is 10. The Kier molecular flexibility index (Phi) is 8.25. The third-order valence-electron chi connectivity index (χ3n) is 4.93. The van der Waals surface area contributed by atoms with Crippen molar-refractivity contribution >= 4 is 22.6 Å². The molecule has 0 spiro atoms. The highest BCUT2D eigenvalue weighted by atomic mass is 28.4. The summed E-state index contributed by atoms with van der Waals surface area (Å²) >= 11 is 0. The van der Waals surface area contributed by atoms with Crippen molar-refractivity contribution in [2.45, 2.75) is 58.0 Å². The van der Waals surface area contributed by atoms with E-state index in [1.165, 1.54) is 18.1 Å². The van der Waals surface area contributed by atoms with Gasteiger partial charge in [-0.1, -0.05) is 24.3 Å². The molecule has 0 N–H and O–H groups in total. The van der Waals surface area contributed by atoms with Crippen LogP contribution in [-0.2, 0) is 21.8 Å². The zero-order valence-electron chi connectivity index (χ0n) is 18.6. The number of esters is 1. The minimum atomic E-state index is -1.76. The zero-order chi connectivity index (χ0) is 21.5.